The van der Waals surface area contributed by atoms with Crippen LogP contribution in [0, 0.1) is 23.1 Å². The van der Waals surface area contributed by atoms with Crippen molar-refractivity contribution in [1.82, 2.24) is 4.90 Å². The molecule has 3 nitrogen and oxygen atoms in total. The van der Waals surface area contributed by atoms with Gasteiger partial charge in [-0.25, -0.2) is 4.39 Å². The van der Waals surface area contributed by atoms with Gasteiger partial charge in [-0.3, -0.25) is 4.90 Å². The van der Waals surface area contributed by atoms with Gasteiger partial charge >= 0.3 is 0 Å². The third-order valence-electron chi connectivity index (χ3n) is 4.64. The monoisotopic (exact) mass is 343 g/mol. The molecule has 1 fully saturated rings. The van der Waals surface area contributed by atoms with Crippen molar-refractivity contribution < 1.29 is 4.39 Å². The molecule has 0 amide bonds. The molecule has 0 saturated carbocycles. The van der Waals surface area contributed by atoms with E-state index in [1.807, 2.05) is 18.2 Å². The summed E-state index contributed by atoms with van der Waals surface area (Å²) in [6, 6.07) is 14.8. The Kier molecular flexibility index (Phi) is 5.03. The zero-order valence-electron chi connectivity index (χ0n) is 13.5. The molecule has 2 unspecified atom stereocenters. The van der Waals surface area contributed by atoms with E-state index < -0.39 is 0 Å². The predicted octanol–water partition coefficient (Wildman–Crippen LogP) is 4.46. The fourth-order valence-electron chi connectivity index (χ4n) is 3.37. The lowest BCUT2D eigenvalue weighted by Gasteiger charge is -2.26. The van der Waals surface area contributed by atoms with Crippen molar-refractivity contribution in [2.75, 3.05) is 25.5 Å². The number of likely N-dealkylation sites (tertiary alicyclic amines) is 1. The SMILES string of the molecule is CN1CCC(CNc2ccc(C#N)cc2)C1c1ccc(Cl)c(F)c1. The molecule has 0 spiro atoms. The van der Waals surface area contributed by atoms with Crippen LogP contribution in [-0.2, 0) is 0 Å². The second-order valence-corrected chi connectivity index (χ2v) is 6.63. The number of anilines is 1. The lowest BCUT2D eigenvalue weighted by Crippen LogP contribution is -2.25. The molecule has 0 bridgehead atoms. The average Bonchev–Trinajstić information content (AvgIpc) is 2.96. The number of nitriles is 1. The van der Waals surface area contributed by atoms with Crippen LogP contribution in [0.25, 0.3) is 0 Å². The number of hydrogen-bond acceptors (Lipinski definition) is 3. The van der Waals surface area contributed by atoms with Gasteiger partial charge in [0, 0.05) is 18.3 Å². The lowest BCUT2D eigenvalue weighted by molar-refractivity contribution is 0.281. The number of halogens is 2. The first kappa shape index (κ1) is 16.8. The average molecular weight is 344 g/mol. The van der Waals surface area contributed by atoms with Crippen molar-refractivity contribution in [2.24, 2.45) is 5.92 Å². The molecule has 2 atom stereocenters. The number of benzene rings is 2. The van der Waals surface area contributed by atoms with E-state index in [0.29, 0.717) is 11.5 Å². The maximum Gasteiger partial charge on any atom is 0.142 e. The summed E-state index contributed by atoms with van der Waals surface area (Å²) in [5.74, 6) is 0.0134. The minimum absolute atomic E-state index is 0.159. The quantitative estimate of drug-likeness (QED) is 0.891. The molecule has 0 aromatic heterocycles. The van der Waals surface area contributed by atoms with Crippen LogP contribution >= 0.6 is 11.6 Å². The largest absolute Gasteiger partial charge is 0.385 e. The van der Waals surface area contributed by atoms with Gasteiger partial charge in [-0.2, -0.15) is 5.26 Å². The van der Waals surface area contributed by atoms with E-state index in [4.69, 9.17) is 16.9 Å². The second-order valence-electron chi connectivity index (χ2n) is 6.22. The van der Waals surface area contributed by atoms with Crippen molar-refractivity contribution >= 4 is 17.3 Å². The summed E-state index contributed by atoms with van der Waals surface area (Å²) in [4.78, 5) is 2.26. The molecule has 0 radical (unpaired) electrons. The molecule has 124 valence electrons. The lowest BCUT2D eigenvalue weighted by atomic mass is 9.93. The molecular weight excluding hydrogens is 325 g/mol. The van der Waals surface area contributed by atoms with Crippen LogP contribution in [0.3, 0.4) is 0 Å². The van der Waals surface area contributed by atoms with Crippen molar-refractivity contribution in [3.63, 3.8) is 0 Å². The Balaban J connectivity index is 1.71. The van der Waals surface area contributed by atoms with Gasteiger partial charge in [-0.15, -0.1) is 0 Å². The topological polar surface area (TPSA) is 39.1 Å². The third-order valence-corrected chi connectivity index (χ3v) is 4.95. The zero-order valence-corrected chi connectivity index (χ0v) is 14.2. The molecule has 2 aromatic rings. The number of hydrogen-bond donors (Lipinski definition) is 1. The summed E-state index contributed by atoms with van der Waals surface area (Å²) in [6.45, 7) is 1.78. The highest BCUT2D eigenvalue weighted by atomic mass is 35.5. The molecule has 1 N–H and O–H groups in total. The molecule has 1 heterocycles. The number of nitrogens with zero attached hydrogens (tertiary/aromatic N) is 2. The first-order valence-corrected chi connectivity index (χ1v) is 8.35. The molecule has 5 heteroatoms. The van der Waals surface area contributed by atoms with E-state index in [1.54, 1.807) is 24.3 Å². The van der Waals surface area contributed by atoms with Crippen LogP contribution in [0.1, 0.15) is 23.6 Å². The van der Waals surface area contributed by atoms with E-state index in [1.165, 1.54) is 0 Å². The highest BCUT2D eigenvalue weighted by Gasteiger charge is 2.33. The minimum Gasteiger partial charge on any atom is -0.385 e. The number of rotatable bonds is 4. The Labute approximate surface area is 146 Å². The molecule has 0 aliphatic carbocycles. The van der Waals surface area contributed by atoms with Crippen LogP contribution < -0.4 is 5.32 Å². The summed E-state index contributed by atoms with van der Waals surface area (Å²) < 4.78 is 13.8. The molecule has 24 heavy (non-hydrogen) atoms. The normalized spacial score (nSPS) is 20.8. The highest BCUT2D eigenvalue weighted by molar-refractivity contribution is 6.30. The fourth-order valence-corrected chi connectivity index (χ4v) is 3.49. The van der Waals surface area contributed by atoms with Gasteiger partial charge < -0.3 is 5.32 Å². The maximum absolute atomic E-state index is 13.8. The van der Waals surface area contributed by atoms with Crippen LogP contribution in [-0.4, -0.2) is 25.0 Å². The highest BCUT2D eigenvalue weighted by Crippen LogP contribution is 2.37. The summed E-state index contributed by atoms with van der Waals surface area (Å²) in [7, 11) is 2.07. The van der Waals surface area contributed by atoms with Gasteiger partial charge in [0.2, 0.25) is 0 Å². The third kappa shape index (κ3) is 3.53. The standard InChI is InChI=1S/C19H19ClFN3/c1-24-9-8-15(12-23-16-5-2-13(11-22)3-6-16)19(24)14-4-7-17(20)18(21)10-14/h2-7,10,15,19,23H,8-9,12H2,1H3. The Morgan fingerprint density at radius 1 is 1.29 bits per heavy atom. The smallest absolute Gasteiger partial charge is 0.142 e. The maximum atomic E-state index is 13.8. The first-order chi connectivity index (χ1) is 11.6. The van der Waals surface area contributed by atoms with Gasteiger partial charge in [0.15, 0.2) is 0 Å². The molecule has 2 aromatic carbocycles. The van der Waals surface area contributed by atoms with Gasteiger partial charge in [-0.1, -0.05) is 17.7 Å². The summed E-state index contributed by atoms with van der Waals surface area (Å²) in [5.41, 5.74) is 2.60. The van der Waals surface area contributed by atoms with Gasteiger partial charge in [0.25, 0.3) is 0 Å². The van der Waals surface area contributed by atoms with E-state index >= 15 is 0 Å². The van der Waals surface area contributed by atoms with Crippen LogP contribution in [0.2, 0.25) is 5.02 Å². The fraction of sp³-hybridized carbons (Fsp3) is 0.316. The molecule has 1 aliphatic rings. The number of nitrogens with one attached hydrogen (secondary N) is 1. The molecule has 3 rings (SSSR count). The van der Waals surface area contributed by atoms with Crippen molar-refractivity contribution in [3.05, 3.63) is 64.4 Å². The van der Waals surface area contributed by atoms with Crippen molar-refractivity contribution in [3.8, 4) is 6.07 Å². The van der Waals surface area contributed by atoms with E-state index in [9.17, 15) is 4.39 Å². The predicted molar refractivity (Wildman–Crippen MR) is 94.5 cm³/mol. The van der Waals surface area contributed by atoms with Gasteiger partial charge in [-0.05, 0) is 67.9 Å². The van der Waals surface area contributed by atoms with E-state index in [0.717, 1.165) is 30.8 Å². The van der Waals surface area contributed by atoms with Crippen LogP contribution in [0.4, 0.5) is 10.1 Å². The first-order valence-electron chi connectivity index (χ1n) is 7.97. The van der Waals surface area contributed by atoms with Crippen molar-refractivity contribution in [2.45, 2.75) is 12.5 Å². The molecule has 1 saturated heterocycles. The Morgan fingerprint density at radius 2 is 2.04 bits per heavy atom. The Hall–Kier alpha value is -2.09. The molecular formula is C19H19ClFN3. The van der Waals surface area contributed by atoms with E-state index in [-0.39, 0.29) is 16.9 Å². The van der Waals surface area contributed by atoms with Gasteiger partial charge in [0.05, 0.1) is 16.7 Å². The minimum atomic E-state index is -0.367. The zero-order chi connectivity index (χ0) is 17.1. The summed E-state index contributed by atoms with van der Waals surface area (Å²) >= 11 is 5.80. The van der Waals surface area contributed by atoms with Gasteiger partial charge in [0.1, 0.15) is 5.82 Å². The molecule has 1 aliphatic heterocycles. The van der Waals surface area contributed by atoms with Crippen LogP contribution in [0.5, 0.6) is 0 Å². The van der Waals surface area contributed by atoms with Crippen LogP contribution in [0.15, 0.2) is 42.5 Å². The van der Waals surface area contributed by atoms with Crippen molar-refractivity contribution in [1.29, 1.82) is 5.26 Å². The Morgan fingerprint density at radius 3 is 2.71 bits per heavy atom. The Bertz CT molecular complexity index is 754. The summed E-state index contributed by atoms with van der Waals surface area (Å²) in [5, 5.41) is 12.4. The van der Waals surface area contributed by atoms with E-state index in [2.05, 4.69) is 23.3 Å². The second kappa shape index (κ2) is 7.21. The summed E-state index contributed by atoms with van der Waals surface area (Å²) in [6.07, 6.45) is 1.05.